The third-order valence-corrected chi connectivity index (χ3v) is 1.89. The van der Waals surface area contributed by atoms with E-state index in [0.717, 1.165) is 0 Å². The summed E-state index contributed by atoms with van der Waals surface area (Å²) in [7, 11) is 1.51. The van der Waals surface area contributed by atoms with Gasteiger partial charge in [0.15, 0.2) is 5.82 Å². The number of hydrogen-bond donors (Lipinski definition) is 2. The number of halogens is 3. The number of hydrazine groups is 1. The van der Waals surface area contributed by atoms with Crippen molar-refractivity contribution in [3.05, 3.63) is 12.4 Å². The SMILES string of the molecule is CN(CCC(F)(F)F)c1cncc(NN)n1. The zero-order valence-corrected chi connectivity index (χ0v) is 8.62. The molecule has 16 heavy (non-hydrogen) atoms. The van der Waals surface area contributed by atoms with Crippen molar-refractivity contribution in [2.45, 2.75) is 12.6 Å². The molecule has 0 aliphatic carbocycles. The van der Waals surface area contributed by atoms with Gasteiger partial charge in [0.05, 0.1) is 18.8 Å². The van der Waals surface area contributed by atoms with Crippen LogP contribution in [0.5, 0.6) is 0 Å². The molecule has 0 aliphatic rings. The van der Waals surface area contributed by atoms with Gasteiger partial charge in [0.2, 0.25) is 0 Å². The number of alkyl halides is 3. The van der Waals surface area contributed by atoms with Gasteiger partial charge >= 0.3 is 6.18 Å². The topological polar surface area (TPSA) is 67.1 Å². The Morgan fingerprint density at radius 2 is 2.12 bits per heavy atom. The van der Waals surface area contributed by atoms with Crippen molar-refractivity contribution in [2.24, 2.45) is 5.84 Å². The Labute approximate surface area is 90.4 Å². The highest BCUT2D eigenvalue weighted by atomic mass is 19.4. The van der Waals surface area contributed by atoms with Crippen LogP contribution in [0.25, 0.3) is 0 Å². The zero-order chi connectivity index (χ0) is 12.2. The minimum absolute atomic E-state index is 0.174. The number of nitrogens with zero attached hydrogens (tertiary/aromatic N) is 3. The van der Waals surface area contributed by atoms with E-state index in [2.05, 4.69) is 15.4 Å². The van der Waals surface area contributed by atoms with Crippen LogP contribution in [0, 0.1) is 0 Å². The Balaban J connectivity index is 2.62. The maximum absolute atomic E-state index is 12.0. The molecular weight excluding hydrogens is 223 g/mol. The number of nitrogens with two attached hydrogens (primary N) is 1. The Kier molecular flexibility index (Phi) is 3.88. The van der Waals surface area contributed by atoms with Gasteiger partial charge in [-0.15, -0.1) is 0 Å². The predicted molar refractivity (Wildman–Crippen MR) is 53.8 cm³/mol. The van der Waals surface area contributed by atoms with Crippen molar-refractivity contribution in [2.75, 3.05) is 23.9 Å². The molecule has 1 heterocycles. The summed E-state index contributed by atoms with van der Waals surface area (Å²) < 4.78 is 35.9. The smallest absolute Gasteiger partial charge is 0.358 e. The quantitative estimate of drug-likeness (QED) is 0.605. The van der Waals surface area contributed by atoms with Crippen molar-refractivity contribution < 1.29 is 13.2 Å². The first-order valence-corrected chi connectivity index (χ1v) is 4.49. The molecule has 0 bridgehead atoms. The van der Waals surface area contributed by atoms with E-state index >= 15 is 0 Å². The Bertz CT molecular complexity index is 341. The van der Waals surface area contributed by atoms with E-state index in [1.165, 1.54) is 24.3 Å². The summed E-state index contributed by atoms with van der Waals surface area (Å²) in [5.41, 5.74) is 2.27. The summed E-state index contributed by atoms with van der Waals surface area (Å²) in [6, 6.07) is 0. The zero-order valence-electron chi connectivity index (χ0n) is 8.62. The largest absolute Gasteiger partial charge is 0.390 e. The van der Waals surface area contributed by atoms with Crippen LogP contribution in [0.2, 0.25) is 0 Å². The van der Waals surface area contributed by atoms with Crippen molar-refractivity contribution in [3.63, 3.8) is 0 Å². The summed E-state index contributed by atoms with van der Waals surface area (Å²) in [4.78, 5) is 9.11. The highest BCUT2D eigenvalue weighted by Crippen LogP contribution is 2.20. The lowest BCUT2D eigenvalue weighted by atomic mass is 10.4. The van der Waals surface area contributed by atoms with E-state index in [4.69, 9.17) is 5.84 Å². The summed E-state index contributed by atoms with van der Waals surface area (Å²) in [5.74, 6) is 5.75. The minimum atomic E-state index is -4.18. The summed E-state index contributed by atoms with van der Waals surface area (Å²) in [6.45, 7) is -0.174. The first-order valence-electron chi connectivity index (χ1n) is 4.49. The van der Waals surface area contributed by atoms with Crippen molar-refractivity contribution >= 4 is 11.6 Å². The Morgan fingerprint density at radius 1 is 1.44 bits per heavy atom. The first kappa shape index (κ1) is 12.5. The fraction of sp³-hybridized carbons (Fsp3) is 0.500. The lowest BCUT2D eigenvalue weighted by Crippen LogP contribution is -2.25. The van der Waals surface area contributed by atoms with Crippen molar-refractivity contribution in [1.82, 2.24) is 9.97 Å². The van der Waals surface area contributed by atoms with Gasteiger partial charge in [0.25, 0.3) is 0 Å². The van der Waals surface area contributed by atoms with E-state index in [1.54, 1.807) is 0 Å². The third kappa shape index (κ3) is 3.89. The second kappa shape index (κ2) is 4.97. The number of hydrogen-bond acceptors (Lipinski definition) is 5. The molecule has 0 saturated heterocycles. The maximum Gasteiger partial charge on any atom is 0.390 e. The van der Waals surface area contributed by atoms with Gasteiger partial charge in [0.1, 0.15) is 5.82 Å². The van der Waals surface area contributed by atoms with Crippen LogP contribution < -0.4 is 16.2 Å². The Hall–Kier alpha value is -1.57. The lowest BCUT2D eigenvalue weighted by Gasteiger charge is -2.18. The second-order valence-electron chi connectivity index (χ2n) is 3.19. The van der Waals surface area contributed by atoms with Gasteiger partial charge in [-0.05, 0) is 0 Å². The molecular formula is C8H12F3N5. The van der Waals surface area contributed by atoms with Gasteiger partial charge in [-0.1, -0.05) is 0 Å². The standard InChI is InChI=1S/C8H12F3N5/c1-16(3-2-8(9,10)11)7-5-13-4-6(14-7)15-12/h4-5H,2-3,12H2,1H3,(H,14,15). The van der Waals surface area contributed by atoms with Gasteiger partial charge in [0, 0.05) is 13.6 Å². The molecule has 0 radical (unpaired) electrons. The second-order valence-corrected chi connectivity index (χ2v) is 3.19. The van der Waals surface area contributed by atoms with Crippen LogP contribution in [-0.4, -0.2) is 29.7 Å². The molecule has 1 rings (SSSR count). The van der Waals surface area contributed by atoms with Gasteiger partial charge < -0.3 is 10.3 Å². The molecule has 0 saturated carbocycles. The van der Waals surface area contributed by atoms with Crippen molar-refractivity contribution in [3.8, 4) is 0 Å². The summed E-state index contributed by atoms with van der Waals surface area (Å²) in [6.07, 6.45) is -2.32. The Morgan fingerprint density at radius 3 is 2.69 bits per heavy atom. The van der Waals surface area contributed by atoms with Crippen LogP contribution >= 0.6 is 0 Å². The normalized spacial score (nSPS) is 11.3. The van der Waals surface area contributed by atoms with Crippen LogP contribution in [0.15, 0.2) is 12.4 Å². The fourth-order valence-electron chi connectivity index (χ4n) is 1.02. The molecule has 0 spiro atoms. The van der Waals surface area contributed by atoms with Gasteiger partial charge in [-0.25, -0.2) is 10.8 Å². The van der Waals surface area contributed by atoms with Crippen LogP contribution in [0.1, 0.15) is 6.42 Å². The number of anilines is 2. The monoisotopic (exact) mass is 235 g/mol. The molecule has 1 aromatic rings. The molecule has 0 fully saturated rings. The molecule has 0 aromatic carbocycles. The third-order valence-electron chi connectivity index (χ3n) is 1.89. The van der Waals surface area contributed by atoms with E-state index in [1.807, 2.05) is 0 Å². The van der Waals surface area contributed by atoms with Crippen molar-refractivity contribution in [1.29, 1.82) is 0 Å². The average molecular weight is 235 g/mol. The molecule has 0 atom stereocenters. The highest BCUT2D eigenvalue weighted by Gasteiger charge is 2.27. The molecule has 90 valence electrons. The van der Waals surface area contributed by atoms with Crippen LogP contribution in [0.4, 0.5) is 24.8 Å². The minimum Gasteiger partial charge on any atom is -0.358 e. The van der Waals surface area contributed by atoms with E-state index in [0.29, 0.717) is 11.6 Å². The molecule has 0 aliphatic heterocycles. The number of aromatic nitrogens is 2. The average Bonchev–Trinajstić information content (AvgIpc) is 2.25. The lowest BCUT2D eigenvalue weighted by molar-refractivity contribution is -0.132. The highest BCUT2D eigenvalue weighted by molar-refractivity contribution is 5.42. The number of rotatable bonds is 4. The molecule has 0 amide bonds. The molecule has 1 aromatic heterocycles. The summed E-state index contributed by atoms with van der Waals surface area (Å²) in [5, 5.41) is 0. The first-order chi connectivity index (χ1) is 7.42. The van der Waals surface area contributed by atoms with E-state index in [-0.39, 0.29) is 6.54 Å². The van der Waals surface area contributed by atoms with E-state index in [9.17, 15) is 13.2 Å². The van der Waals surface area contributed by atoms with Crippen LogP contribution in [-0.2, 0) is 0 Å². The predicted octanol–water partition coefficient (Wildman–Crippen LogP) is 1.15. The molecule has 5 nitrogen and oxygen atoms in total. The van der Waals surface area contributed by atoms with Crippen LogP contribution in [0.3, 0.4) is 0 Å². The van der Waals surface area contributed by atoms with E-state index < -0.39 is 12.6 Å². The number of nitrogens with one attached hydrogen (secondary N) is 1. The number of nitrogen functional groups attached to an aromatic ring is 1. The van der Waals surface area contributed by atoms with Gasteiger partial charge in [-0.3, -0.25) is 4.98 Å². The summed E-state index contributed by atoms with van der Waals surface area (Å²) >= 11 is 0. The molecule has 3 N–H and O–H groups in total. The fourth-order valence-corrected chi connectivity index (χ4v) is 1.02. The maximum atomic E-state index is 12.0. The molecule has 0 unspecified atom stereocenters. The molecule has 8 heteroatoms. The van der Waals surface area contributed by atoms with Gasteiger partial charge in [-0.2, -0.15) is 13.2 Å².